The Morgan fingerprint density at radius 2 is 2.04 bits per heavy atom. The largest absolute Gasteiger partial charge is 0.467 e. The number of amides is 1. The van der Waals surface area contributed by atoms with Gasteiger partial charge in [0.1, 0.15) is 11.1 Å². The number of aryl methyl sites for hydroxylation is 1. The molecular formula is C19H18N2O2S. The van der Waals surface area contributed by atoms with Crippen molar-refractivity contribution in [2.75, 3.05) is 5.75 Å². The van der Waals surface area contributed by atoms with Crippen LogP contribution in [0.5, 0.6) is 0 Å². The minimum atomic E-state index is 0.0364. The van der Waals surface area contributed by atoms with Gasteiger partial charge in [-0.05, 0) is 37.3 Å². The number of furan rings is 1. The Hall–Kier alpha value is -2.40. The fourth-order valence-corrected chi connectivity index (χ4v) is 4.08. The highest BCUT2D eigenvalue weighted by atomic mass is 32.2. The number of aromatic nitrogens is 1. The zero-order chi connectivity index (χ0) is 16.5. The number of carbonyl (C=O) groups is 1. The van der Waals surface area contributed by atoms with Crippen molar-refractivity contribution in [3.05, 3.63) is 78.0 Å². The lowest BCUT2D eigenvalue weighted by atomic mass is 10.2. The van der Waals surface area contributed by atoms with E-state index < -0.39 is 0 Å². The minimum Gasteiger partial charge on any atom is -0.467 e. The normalized spacial score (nSPS) is 17.6. The lowest BCUT2D eigenvalue weighted by Crippen LogP contribution is -2.27. The van der Waals surface area contributed by atoms with E-state index in [1.165, 1.54) is 5.56 Å². The SMILES string of the molecule is Cc1ccc(-n2ccc([C@H]3SCC(=O)N3Cc3ccco3)c2)cc1. The first-order chi connectivity index (χ1) is 11.7. The van der Waals surface area contributed by atoms with Gasteiger partial charge in [0.25, 0.3) is 0 Å². The second kappa shape index (κ2) is 6.24. The van der Waals surface area contributed by atoms with Gasteiger partial charge < -0.3 is 13.9 Å². The van der Waals surface area contributed by atoms with E-state index in [1.54, 1.807) is 18.0 Å². The lowest BCUT2D eigenvalue weighted by molar-refractivity contribution is -0.128. The molecule has 0 radical (unpaired) electrons. The van der Waals surface area contributed by atoms with Crippen LogP contribution in [-0.4, -0.2) is 21.1 Å². The van der Waals surface area contributed by atoms with Crippen molar-refractivity contribution in [3.63, 3.8) is 0 Å². The number of carbonyl (C=O) groups excluding carboxylic acids is 1. The number of nitrogens with zero attached hydrogens (tertiary/aromatic N) is 2. The fraction of sp³-hybridized carbons (Fsp3) is 0.211. The molecule has 0 N–H and O–H groups in total. The fourth-order valence-electron chi connectivity index (χ4n) is 2.91. The Morgan fingerprint density at radius 1 is 1.21 bits per heavy atom. The van der Waals surface area contributed by atoms with E-state index in [2.05, 4.69) is 54.2 Å². The monoisotopic (exact) mass is 338 g/mol. The summed E-state index contributed by atoms with van der Waals surface area (Å²) >= 11 is 1.67. The van der Waals surface area contributed by atoms with Gasteiger partial charge in [-0.2, -0.15) is 0 Å². The van der Waals surface area contributed by atoms with Gasteiger partial charge in [0.2, 0.25) is 5.91 Å². The van der Waals surface area contributed by atoms with Gasteiger partial charge in [-0.25, -0.2) is 0 Å². The Morgan fingerprint density at radius 3 is 2.79 bits per heavy atom. The molecule has 4 rings (SSSR count). The molecule has 0 bridgehead atoms. The molecular weight excluding hydrogens is 320 g/mol. The Balaban J connectivity index is 1.58. The molecule has 0 unspecified atom stereocenters. The van der Waals surface area contributed by atoms with Crippen LogP contribution in [0.3, 0.4) is 0 Å². The maximum absolute atomic E-state index is 12.3. The third kappa shape index (κ3) is 2.87. The molecule has 0 spiro atoms. The average Bonchev–Trinajstić information content (AvgIpc) is 3.31. The van der Waals surface area contributed by atoms with E-state index >= 15 is 0 Å². The topological polar surface area (TPSA) is 38.4 Å². The van der Waals surface area contributed by atoms with Crippen LogP contribution in [0.25, 0.3) is 5.69 Å². The molecule has 1 atom stereocenters. The highest BCUT2D eigenvalue weighted by Crippen LogP contribution is 2.40. The molecule has 2 aromatic heterocycles. The highest BCUT2D eigenvalue weighted by Gasteiger charge is 2.33. The molecule has 0 saturated carbocycles. The van der Waals surface area contributed by atoms with E-state index in [0.717, 1.165) is 17.0 Å². The first-order valence-corrected chi connectivity index (χ1v) is 8.94. The van der Waals surface area contributed by atoms with Gasteiger partial charge in [-0.1, -0.05) is 17.7 Å². The van der Waals surface area contributed by atoms with Gasteiger partial charge in [0.15, 0.2) is 0 Å². The summed E-state index contributed by atoms with van der Waals surface area (Å²) in [5.41, 5.74) is 3.50. The predicted molar refractivity (Wildman–Crippen MR) is 95.0 cm³/mol. The second-order valence-corrected chi connectivity index (χ2v) is 7.02. The predicted octanol–water partition coefficient (Wildman–Crippen LogP) is 4.15. The van der Waals surface area contributed by atoms with Gasteiger partial charge in [-0.3, -0.25) is 4.79 Å². The van der Waals surface area contributed by atoms with E-state index in [9.17, 15) is 4.79 Å². The van der Waals surface area contributed by atoms with E-state index in [-0.39, 0.29) is 11.3 Å². The molecule has 1 amide bonds. The first kappa shape index (κ1) is 15.1. The first-order valence-electron chi connectivity index (χ1n) is 7.89. The standard InChI is InChI=1S/C19H18N2O2S/c1-14-4-6-16(7-5-14)20-9-8-15(11-20)19-21(18(22)13-24-19)12-17-3-2-10-23-17/h2-11,19H,12-13H2,1H3/t19-/m1/s1. The molecule has 0 aliphatic carbocycles. The van der Waals surface area contributed by atoms with Crippen molar-refractivity contribution in [2.24, 2.45) is 0 Å². The molecule has 4 nitrogen and oxygen atoms in total. The summed E-state index contributed by atoms with van der Waals surface area (Å²) in [7, 11) is 0. The highest BCUT2D eigenvalue weighted by molar-refractivity contribution is 8.00. The molecule has 1 aromatic carbocycles. The number of benzene rings is 1. The summed E-state index contributed by atoms with van der Waals surface area (Å²) in [5, 5.41) is 0.0364. The third-order valence-corrected chi connectivity index (χ3v) is 5.46. The smallest absolute Gasteiger partial charge is 0.234 e. The summed E-state index contributed by atoms with van der Waals surface area (Å²) < 4.78 is 7.51. The van der Waals surface area contributed by atoms with E-state index in [0.29, 0.717) is 12.3 Å². The molecule has 1 aliphatic heterocycles. The zero-order valence-electron chi connectivity index (χ0n) is 13.4. The number of hydrogen-bond acceptors (Lipinski definition) is 3. The molecule has 1 aliphatic rings. The quantitative estimate of drug-likeness (QED) is 0.717. The molecule has 1 fully saturated rings. The Bertz CT molecular complexity index is 837. The van der Waals surface area contributed by atoms with Crippen molar-refractivity contribution in [1.82, 2.24) is 9.47 Å². The molecule has 24 heavy (non-hydrogen) atoms. The van der Waals surface area contributed by atoms with Crippen molar-refractivity contribution >= 4 is 17.7 Å². The summed E-state index contributed by atoms with van der Waals surface area (Å²) in [5.74, 6) is 1.49. The molecule has 3 aromatic rings. The van der Waals surface area contributed by atoms with E-state index in [1.807, 2.05) is 17.0 Å². The van der Waals surface area contributed by atoms with E-state index in [4.69, 9.17) is 4.42 Å². The molecule has 5 heteroatoms. The van der Waals surface area contributed by atoms with Crippen LogP contribution in [0.1, 0.15) is 22.3 Å². The van der Waals surface area contributed by atoms with Gasteiger partial charge in [-0.15, -0.1) is 11.8 Å². The van der Waals surface area contributed by atoms with Crippen LogP contribution < -0.4 is 0 Å². The van der Waals surface area contributed by atoms with Crippen LogP contribution in [0.15, 0.2) is 65.5 Å². The van der Waals surface area contributed by atoms with Crippen molar-refractivity contribution < 1.29 is 9.21 Å². The van der Waals surface area contributed by atoms with Gasteiger partial charge >= 0.3 is 0 Å². The van der Waals surface area contributed by atoms with Crippen molar-refractivity contribution in [1.29, 1.82) is 0 Å². The van der Waals surface area contributed by atoms with Gasteiger partial charge in [0.05, 0.1) is 18.6 Å². The summed E-state index contributed by atoms with van der Waals surface area (Å²) in [4.78, 5) is 14.1. The minimum absolute atomic E-state index is 0.0364. The van der Waals surface area contributed by atoms with Crippen molar-refractivity contribution in [2.45, 2.75) is 18.8 Å². The average molecular weight is 338 g/mol. The number of rotatable bonds is 4. The number of thioether (sulfide) groups is 1. The van der Waals surface area contributed by atoms with Crippen molar-refractivity contribution in [3.8, 4) is 5.69 Å². The number of hydrogen-bond donors (Lipinski definition) is 0. The molecule has 122 valence electrons. The maximum atomic E-state index is 12.3. The zero-order valence-corrected chi connectivity index (χ0v) is 14.2. The van der Waals surface area contributed by atoms with Crippen LogP contribution >= 0.6 is 11.8 Å². The van der Waals surface area contributed by atoms with Crippen LogP contribution in [0.2, 0.25) is 0 Å². The second-order valence-electron chi connectivity index (χ2n) is 5.95. The Labute approximate surface area is 145 Å². The summed E-state index contributed by atoms with van der Waals surface area (Å²) in [6, 6.07) is 14.3. The molecule has 3 heterocycles. The Kier molecular flexibility index (Phi) is 3.94. The molecule has 1 saturated heterocycles. The van der Waals surface area contributed by atoms with Crippen LogP contribution in [0.4, 0.5) is 0 Å². The lowest BCUT2D eigenvalue weighted by Gasteiger charge is -2.22. The summed E-state index contributed by atoms with van der Waals surface area (Å²) in [6.07, 6.45) is 5.80. The van der Waals surface area contributed by atoms with Crippen LogP contribution in [0, 0.1) is 6.92 Å². The van der Waals surface area contributed by atoms with Crippen LogP contribution in [-0.2, 0) is 11.3 Å². The van der Waals surface area contributed by atoms with Gasteiger partial charge in [0, 0.05) is 23.6 Å². The third-order valence-electron chi connectivity index (χ3n) is 4.21. The summed E-state index contributed by atoms with van der Waals surface area (Å²) in [6.45, 7) is 2.59. The maximum Gasteiger partial charge on any atom is 0.234 e.